The molecule has 4 heterocycles. The van der Waals surface area contributed by atoms with Crippen molar-refractivity contribution in [3.05, 3.63) is 192 Å². The van der Waals surface area contributed by atoms with E-state index in [1.54, 1.807) is 0 Å². The van der Waals surface area contributed by atoms with E-state index < -0.39 is 0 Å². The molecule has 57 heavy (non-hydrogen) atoms. The quantitative estimate of drug-likeness (QED) is 0.183. The first-order valence-electron chi connectivity index (χ1n) is 19.2. The summed E-state index contributed by atoms with van der Waals surface area (Å²) in [7, 11) is 0. The second kappa shape index (κ2) is 12.2. The minimum Gasteiger partial charge on any atom is -0.456 e. The number of hydrogen-bond acceptors (Lipinski definition) is 5. The fraction of sp³-hybridized carbons (Fsp3) is 0.0385. The number of para-hydroxylation sites is 3. The molecule has 1 atom stereocenters. The summed E-state index contributed by atoms with van der Waals surface area (Å²) in [5.74, 6) is 0.765. The molecule has 1 unspecified atom stereocenters. The number of nitrogens with zero attached hydrogens (tertiary/aromatic N) is 1. The Balaban J connectivity index is 1.06. The van der Waals surface area contributed by atoms with Gasteiger partial charge in [-0.3, -0.25) is 0 Å². The summed E-state index contributed by atoms with van der Waals surface area (Å²) in [6.45, 7) is 2.14. The molecular weight excluding hydrogens is 701 g/mol. The second-order valence-electron chi connectivity index (χ2n) is 14.8. The highest BCUT2D eigenvalue weighted by Gasteiger charge is 2.25. The van der Waals surface area contributed by atoms with Gasteiger partial charge in [0.25, 0.3) is 0 Å². The fourth-order valence-corrected chi connectivity index (χ4v) is 8.81. The van der Waals surface area contributed by atoms with Crippen molar-refractivity contribution >= 4 is 88.1 Å². The van der Waals surface area contributed by atoms with Crippen LogP contribution in [0.15, 0.2) is 193 Å². The molecule has 11 aromatic rings. The maximum Gasteiger partial charge on any atom is 0.143 e. The molecule has 268 valence electrons. The molecule has 12 rings (SSSR count). The van der Waals surface area contributed by atoms with E-state index in [9.17, 15) is 0 Å². The highest BCUT2D eigenvalue weighted by atomic mass is 16.3. The van der Waals surface area contributed by atoms with Gasteiger partial charge in [0.15, 0.2) is 0 Å². The largest absolute Gasteiger partial charge is 0.456 e. The summed E-state index contributed by atoms with van der Waals surface area (Å²) in [6.07, 6.45) is 0. The van der Waals surface area contributed by atoms with Gasteiger partial charge in [0.2, 0.25) is 0 Å². The molecule has 3 aromatic heterocycles. The molecule has 0 fully saturated rings. The zero-order valence-electron chi connectivity index (χ0n) is 30.8. The number of furan rings is 3. The van der Waals surface area contributed by atoms with Gasteiger partial charge in [-0.05, 0) is 76.9 Å². The van der Waals surface area contributed by atoms with Crippen molar-refractivity contribution in [2.24, 2.45) is 4.99 Å². The lowest BCUT2D eigenvalue weighted by molar-refractivity contribution is 0.667. The van der Waals surface area contributed by atoms with Crippen molar-refractivity contribution in [1.29, 1.82) is 0 Å². The van der Waals surface area contributed by atoms with Crippen molar-refractivity contribution in [1.82, 2.24) is 5.32 Å². The summed E-state index contributed by atoms with van der Waals surface area (Å²) in [4.78, 5) is 5.45. The van der Waals surface area contributed by atoms with Crippen LogP contribution < -0.4 is 5.32 Å². The summed E-state index contributed by atoms with van der Waals surface area (Å²) >= 11 is 0. The van der Waals surface area contributed by atoms with Crippen LogP contribution in [0.2, 0.25) is 0 Å². The molecule has 0 amide bonds. The van der Waals surface area contributed by atoms with Crippen molar-refractivity contribution in [2.75, 3.05) is 0 Å². The Morgan fingerprint density at radius 1 is 0.491 bits per heavy atom. The minimum atomic E-state index is -0.235. The lowest BCUT2D eigenvalue weighted by atomic mass is 9.94. The number of rotatable bonds is 4. The third kappa shape index (κ3) is 4.93. The third-order valence-electron chi connectivity index (χ3n) is 11.5. The zero-order valence-corrected chi connectivity index (χ0v) is 30.8. The third-order valence-corrected chi connectivity index (χ3v) is 11.5. The second-order valence-corrected chi connectivity index (χ2v) is 14.8. The van der Waals surface area contributed by atoms with E-state index >= 15 is 0 Å². The molecule has 0 bridgehead atoms. The van der Waals surface area contributed by atoms with E-state index in [1.165, 1.54) is 5.39 Å². The van der Waals surface area contributed by atoms with Crippen LogP contribution in [-0.2, 0) is 0 Å². The number of nitrogens with one attached hydrogen (secondary N) is 1. The van der Waals surface area contributed by atoms with E-state index in [4.69, 9.17) is 18.2 Å². The van der Waals surface area contributed by atoms with E-state index in [0.29, 0.717) is 0 Å². The SMILES string of the molecule is CC1=C=C(c2cccc3oc4cc(-c5cccc6c5oc5ccccc56)ccc4c23)N=C(c2ccc3ccccc3c2)NC1c1cccc2oc3ccccc3c12. The molecule has 0 spiro atoms. The Labute approximate surface area is 326 Å². The maximum absolute atomic E-state index is 6.65. The number of hydrogen-bond donors (Lipinski definition) is 1. The zero-order chi connectivity index (χ0) is 37.6. The van der Waals surface area contributed by atoms with Crippen molar-refractivity contribution in [3.63, 3.8) is 0 Å². The van der Waals surface area contributed by atoms with Crippen LogP contribution in [0.1, 0.15) is 29.7 Å². The number of fused-ring (bicyclic) bond motifs is 10. The van der Waals surface area contributed by atoms with E-state index in [1.807, 2.05) is 42.5 Å². The van der Waals surface area contributed by atoms with Gasteiger partial charge in [0.1, 0.15) is 45.0 Å². The lowest BCUT2D eigenvalue weighted by Crippen LogP contribution is -2.29. The highest BCUT2D eigenvalue weighted by Crippen LogP contribution is 2.42. The Morgan fingerprint density at radius 3 is 2.04 bits per heavy atom. The van der Waals surface area contributed by atoms with Crippen LogP contribution in [0.5, 0.6) is 0 Å². The van der Waals surface area contributed by atoms with Crippen LogP contribution in [0.4, 0.5) is 0 Å². The lowest BCUT2D eigenvalue weighted by Gasteiger charge is -2.21. The molecule has 5 heteroatoms. The fourth-order valence-electron chi connectivity index (χ4n) is 8.81. The first-order chi connectivity index (χ1) is 28.1. The van der Waals surface area contributed by atoms with Crippen LogP contribution in [-0.4, -0.2) is 5.84 Å². The van der Waals surface area contributed by atoms with E-state index in [-0.39, 0.29) is 6.04 Å². The van der Waals surface area contributed by atoms with Gasteiger partial charge in [0, 0.05) is 49.0 Å². The van der Waals surface area contributed by atoms with Gasteiger partial charge >= 0.3 is 0 Å². The average Bonchev–Trinajstić information content (AvgIpc) is 3.92. The van der Waals surface area contributed by atoms with Crippen molar-refractivity contribution < 1.29 is 13.3 Å². The normalized spacial score (nSPS) is 14.8. The van der Waals surface area contributed by atoms with Crippen LogP contribution in [0, 0.1) is 0 Å². The summed E-state index contributed by atoms with van der Waals surface area (Å²) < 4.78 is 19.4. The predicted octanol–water partition coefficient (Wildman–Crippen LogP) is 13.9. The van der Waals surface area contributed by atoms with Crippen molar-refractivity contribution in [3.8, 4) is 11.1 Å². The van der Waals surface area contributed by atoms with E-state index in [2.05, 4.69) is 139 Å². The Bertz CT molecular complexity index is 3570. The molecule has 8 aromatic carbocycles. The van der Waals surface area contributed by atoms with Crippen LogP contribution in [0.3, 0.4) is 0 Å². The van der Waals surface area contributed by atoms with Crippen molar-refractivity contribution in [2.45, 2.75) is 13.0 Å². The molecular formula is C52H32N2O3. The number of aliphatic imine (C=N–C) groups is 1. The van der Waals surface area contributed by atoms with Gasteiger partial charge in [-0.15, -0.1) is 0 Å². The summed E-state index contributed by atoms with van der Waals surface area (Å²) in [5, 5.41) is 12.6. The molecule has 5 nitrogen and oxygen atoms in total. The van der Waals surface area contributed by atoms with Gasteiger partial charge in [-0.25, -0.2) is 4.99 Å². The van der Waals surface area contributed by atoms with E-state index in [0.717, 1.165) is 116 Å². The van der Waals surface area contributed by atoms with Crippen LogP contribution >= 0.6 is 0 Å². The predicted molar refractivity (Wildman–Crippen MR) is 233 cm³/mol. The Hall–Kier alpha value is -7.59. The first kappa shape index (κ1) is 31.7. The summed E-state index contributed by atoms with van der Waals surface area (Å²) in [6, 6.07) is 56.4. The average molecular weight is 733 g/mol. The topological polar surface area (TPSA) is 63.8 Å². The van der Waals surface area contributed by atoms with Gasteiger partial charge in [-0.2, -0.15) is 0 Å². The molecule has 0 saturated carbocycles. The molecule has 1 aliphatic heterocycles. The Morgan fingerprint density at radius 2 is 1.14 bits per heavy atom. The van der Waals surface area contributed by atoms with Crippen LogP contribution in [0.25, 0.3) is 93.4 Å². The van der Waals surface area contributed by atoms with Gasteiger partial charge < -0.3 is 18.6 Å². The maximum atomic E-state index is 6.65. The number of amidine groups is 1. The standard InChI is InChI=1S/C52H32N2O3/c1-30-27-42(38-17-9-21-45-48(38)40-26-25-33(29-47(40)56-45)35-15-8-16-37-36-13-4-6-19-43(36)57-51(35)37)53-52(34-24-23-31-11-2-3-12-32(31)28-34)54-50(30)41-18-10-22-46-49(41)39-14-5-7-20-44(39)55-46/h2-26,28-29,50H,1H3,(H,53,54). The van der Waals surface area contributed by atoms with Gasteiger partial charge in [0.05, 0.1) is 6.04 Å². The number of benzene rings is 8. The summed E-state index contributed by atoms with van der Waals surface area (Å²) in [5.41, 5.74) is 15.7. The van der Waals surface area contributed by atoms with Gasteiger partial charge in [-0.1, -0.05) is 127 Å². The highest BCUT2D eigenvalue weighted by molar-refractivity contribution is 6.15. The Kier molecular flexibility index (Phi) is 6.80. The minimum absolute atomic E-state index is 0.235. The molecule has 0 radical (unpaired) electrons. The first-order valence-corrected chi connectivity index (χ1v) is 19.2. The molecule has 1 N–H and O–H groups in total. The monoisotopic (exact) mass is 732 g/mol. The molecule has 1 aliphatic rings. The smallest absolute Gasteiger partial charge is 0.143 e. The molecule has 0 saturated heterocycles. The molecule has 0 aliphatic carbocycles.